The minimum absolute atomic E-state index is 0.547. The average Bonchev–Trinajstić information content (AvgIpc) is 2.36. The maximum Gasteiger partial charge on any atom is 0.162 e. The van der Waals surface area contributed by atoms with Crippen LogP contribution in [0.4, 0.5) is 0 Å². The number of rotatable bonds is 2. The molecule has 0 saturated heterocycles. The summed E-state index contributed by atoms with van der Waals surface area (Å²) in [5.41, 5.74) is 1.28. The molecule has 4 heteroatoms. The summed E-state index contributed by atoms with van der Waals surface area (Å²) in [7, 11) is 3.15. The largest absolute Gasteiger partial charge is 0.493 e. The predicted molar refractivity (Wildman–Crippen MR) is 60.6 cm³/mol. The highest BCUT2D eigenvalue weighted by Crippen LogP contribution is 2.31. The second-order valence-electron chi connectivity index (χ2n) is 3.09. The van der Waals surface area contributed by atoms with E-state index in [0.29, 0.717) is 17.2 Å². The van der Waals surface area contributed by atoms with Crippen LogP contribution in [0, 0.1) is 12.3 Å². The van der Waals surface area contributed by atoms with Crippen molar-refractivity contribution in [2.75, 3.05) is 14.2 Å². The van der Waals surface area contributed by atoms with Crippen molar-refractivity contribution in [2.24, 2.45) is 0 Å². The Hall–Kier alpha value is -2.28. The van der Waals surface area contributed by atoms with E-state index >= 15 is 0 Å². The molecule has 2 aromatic rings. The molecule has 1 aromatic heterocycles. The van der Waals surface area contributed by atoms with Gasteiger partial charge in [0.25, 0.3) is 0 Å². The molecule has 1 aromatic carbocycles. The van der Waals surface area contributed by atoms with Crippen LogP contribution in [0.3, 0.4) is 0 Å². The highest BCUT2D eigenvalue weighted by atomic mass is 16.5. The Morgan fingerprint density at radius 1 is 1.12 bits per heavy atom. The zero-order valence-electron chi connectivity index (χ0n) is 9.02. The Kier molecular flexibility index (Phi) is 2.61. The van der Waals surface area contributed by atoms with Crippen LogP contribution >= 0.6 is 0 Å². The van der Waals surface area contributed by atoms with Crippen molar-refractivity contribution >= 4 is 10.9 Å². The fraction of sp³-hybridized carbons (Fsp3) is 0.167. The second-order valence-corrected chi connectivity index (χ2v) is 3.09. The molecule has 0 spiro atoms. The van der Waals surface area contributed by atoms with Crippen LogP contribution in [0.25, 0.3) is 10.9 Å². The summed E-state index contributed by atoms with van der Waals surface area (Å²) in [6, 6.07) is 3.56. The van der Waals surface area contributed by atoms with Gasteiger partial charge in [0.2, 0.25) is 0 Å². The first-order valence-corrected chi connectivity index (χ1v) is 4.63. The molecule has 80 valence electrons. The summed E-state index contributed by atoms with van der Waals surface area (Å²) in [5, 5.41) is 0.780. The Balaban J connectivity index is 2.79. The average molecular weight is 214 g/mol. The molecule has 0 N–H and O–H groups in total. The standard InChI is InChI=1S/C12H10N2O2/c1-4-9-8-5-11(15-2)12(16-3)6-10(8)14-7-13-9/h1,5-7H,2-3H3. The van der Waals surface area contributed by atoms with Crippen molar-refractivity contribution in [3.8, 4) is 23.8 Å². The summed E-state index contributed by atoms with van der Waals surface area (Å²) in [4.78, 5) is 8.14. The van der Waals surface area contributed by atoms with E-state index in [4.69, 9.17) is 15.9 Å². The van der Waals surface area contributed by atoms with E-state index in [1.54, 1.807) is 26.4 Å². The van der Waals surface area contributed by atoms with E-state index in [9.17, 15) is 0 Å². The molecule has 0 amide bonds. The van der Waals surface area contributed by atoms with Crippen molar-refractivity contribution in [1.29, 1.82) is 0 Å². The lowest BCUT2D eigenvalue weighted by Crippen LogP contribution is -1.94. The summed E-state index contributed by atoms with van der Waals surface area (Å²) >= 11 is 0. The van der Waals surface area contributed by atoms with Gasteiger partial charge in [-0.25, -0.2) is 9.97 Å². The number of terminal acetylenes is 1. The van der Waals surface area contributed by atoms with Gasteiger partial charge in [-0.05, 0) is 12.0 Å². The van der Waals surface area contributed by atoms with Crippen LogP contribution in [0.15, 0.2) is 18.5 Å². The Labute approximate surface area is 93.2 Å². The smallest absolute Gasteiger partial charge is 0.162 e. The third-order valence-corrected chi connectivity index (χ3v) is 2.28. The number of ether oxygens (including phenoxy) is 2. The molecule has 2 rings (SSSR count). The Morgan fingerprint density at radius 2 is 1.81 bits per heavy atom. The van der Waals surface area contributed by atoms with Gasteiger partial charge in [-0.1, -0.05) is 0 Å². The zero-order valence-corrected chi connectivity index (χ0v) is 9.02. The molecule has 0 bridgehead atoms. The van der Waals surface area contributed by atoms with Gasteiger partial charge in [0, 0.05) is 11.5 Å². The van der Waals surface area contributed by atoms with Crippen molar-refractivity contribution in [1.82, 2.24) is 9.97 Å². The molecule has 0 aliphatic rings. The molecule has 16 heavy (non-hydrogen) atoms. The summed E-state index contributed by atoms with van der Waals surface area (Å²) in [6.07, 6.45) is 6.80. The van der Waals surface area contributed by atoms with Gasteiger partial charge in [-0.15, -0.1) is 6.42 Å². The monoisotopic (exact) mass is 214 g/mol. The van der Waals surface area contributed by atoms with Gasteiger partial charge in [-0.2, -0.15) is 0 Å². The number of nitrogens with zero attached hydrogens (tertiary/aromatic N) is 2. The van der Waals surface area contributed by atoms with Gasteiger partial charge in [0.05, 0.1) is 19.7 Å². The van der Waals surface area contributed by atoms with Crippen LogP contribution < -0.4 is 9.47 Å². The lowest BCUT2D eigenvalue weighted by atomic mass is 10.1. The van der Waals surface area contributed by atoms with Crippen LogP contribution in [0.2, 0.25) is 0 Å². The fourth-order valence-electron chi connectivity index (χ4n) is 1.50. The number of hydrogen-bond acceptors (Lipinski definition) is 4. The number of fused-ring (bicyclic) bond motifs is 1. The Bertz CT molecular complexity index is 573. The second kappa shape index (κ2) is 4.07. The summed E-state index contributed by atoms with van der Waals surface area (Å²) < 4.78 is 10.4. The molecule has 4 nitrogen and oxygen atoms in total. The molecule has 0 unspecified atom stereocenters. The van der Waals surface area contributed by atoms with Crippen molar-refractivity contribution in [2.45, 2.75) is 0 Å². The maximum atomic E-state index is 5.37. The molecule has 0 fully saturated rings. The lowest BCUT2D eigenvalue weighted by molar-refractivity contribution is 0.356. The highest BCUT2D eigenvalue weighted by molar-refractivity contribution is 5.86. The van der Waals surface area contributed by atoms with Crippen LogP contribution in [-0.2, 0) is 0 Å². The van der Waals surface area contributed by atoms with Crippen LogP contribution in [-0.4, -0.2) is 24.2 Å². The first-order chi connectivity index (χ1) is 7.80. The summed E-state index contributed by atoms with van der Waals surface area (Å²) in [5.74, 6) is 3.75. The third-order valence-electron chi connectivity index (χ3n) is 2.28. The van der Waals surface area contributed by atoms with Crippen molar-refractivity contribution in [3.63, 3.8) is 0 Å². The van der Waals surface area contributed by atoms with Crippen molar-refractivity contribution < 1.29 is 9.47 Å². The lowest BCUT2D eigenvalue weighted by Gasteiger charge is -2.08. The molecule has 0 radical (unpaired) electrons. The minimum Gasteiger partial charge on any atom is -0.493 e. The molecule has 0 aliphatic carbocycles. The third kappa shape index (κ3) is 1.52. The molecular weight excluding hydrogens is 204 g/mol. The SMILES string of the molecule is C#Cc1ncnc2cc(OC)c(OC)cc12. The van der Waals surface area contributed by atoms with Gasteiger partial charge >= 0.3 is 0 Å². The highest BCUT2D eigenvalue weighted by Gasteiger charge is 2.09. The quantitative estimate of drug-likeness (QED) is 0.713. The van der Waals surface area contributed by atoms with E-state index in [0.717, 1.165) is 10.9 Å². The van der Waals surface area contributed by atoms with E-state index in [1.165, 1.54) is 6.33 Å². The van der Waals surface area contributed by atoms with Crippen LogP contribution in [0.5, 0.6) is 11.5 Å². The minimum atomic E-state index is 0.547. The van der Waals surface area contributed by atoms with Crippen molar-refractivity contribution in [3.05, 3.63) is 24.2 Å². The van der Waals surface area contributed by atoms with Gasteiger partial charge < -0.3 is 9.47 Å². The topological polar surface area (TPSA) is 44.2 Å². The fourth-order valence-corrected chi connectivity index (χ4v) is 1.50. The van der Waals surface area contributed by atoms with E-state index in [2.05, 4.69) is 15.9 Å². The molecule has 0 saturated carbocycles. The van der Waals surface area contributed by atoms with Gasteiger partial charge in [0.15, 0.2) is 11.5 Å². The first kappa shape index (κ1) is 10.2. The molecule has 0 atom stereocenters. The number of hydrogen-bond donors (Lipinski definition) is 0. The molecular formula is C12H10N2O2. The normalized spacial score (nSPS) is 9.81. The molecule has 0 aliphatic heterocycles. The summed E-state index contributed by atoms with van der Waals surface area (Å²) in [6.45, 7) is 0. The molecule has 1 heterocycles. The van der Waals surface area contributed by atoms with Crippen LogP contribution in [0.1, 0.15) is 5.69 Å². The van der Waals surface area contributed by atoms with Gasteiger partial charge in [-0.3, -0.25) is 0 Å². The van der Waals surface area contributed by atoms with E-state index in [1.807, 2.05) is 0 Å². The number of methoxy groups -OCH3 is 2. The number of benzene rings is 1. The van der Waals surface area contributed by atoms with Gasteiger partial charge in [0.1, 0.15) is 12.0 Å². The predicted octanol–water partition coefficient (Wildman–Crippen LogP) is 1.63. The zero-order chi connectivity index (χ0) is 11.5. The Morgan fingerprint density at radius 3 is 2.44 bits per heavy atom. The van der Waals surface area contributed by atoms with E-state index < -0.39 is 0 Å². The maximum absolute atomic E-state index is 5.37. The van der Waals surface area contributed by atoms with E-state index in [-0.39, 0.29) is 0 Å². The number of aromatic nitrogens is 2. The first-order valence-electron chi connectivity index (χ1n) is 4.63.